The summed E-state index contributed by atoms with van der Waals surface area (Å²) in [5, 5.41) is 8.84. The van der Waals surface area contributed by atoms with E-state index in [9.17, 15) is 0 Å². The Morgan fingerprint density at radius 3 is 2.62 bits per heavy atom. The third kappa shape index (κ3) is 4.12. The van der Waals surface area contributed by atoms with Gasteiger partial charge in [0.25, 0.3) is 0 Å². The second kappa shape index (κ2) is 8.80. The van der Waals surface area contributed by atoms with Gasteiger partial charge in [-0.3, -0.25) is 20.4 Å². The minimum atomic E-state index is 0.146. The molecule has 0 unspecified atom stereocenters. The number of anilines is 1. The Bertz CT molecular complexity index is 1490. The first-order valence-electron chi connectivity index (χ1n) is 10.7. The highest BCUT2D eigenvalue weighted by atomic mass is 15.0. The number of aromatic nitrogens is 6. The average Bonchev–Trinajstić information content (AvgIpc) is 3.29. The van der Waals surface area contributed by atoms with Crippen molar-refractivity contribution in [3.8, 4) is 22.4 Å². The van der Waals surface area contributed by atoms with E-state index in [0.29, 0.717) is 22.4 Å². The molecular formula is C25H23N9. The van der Waals surface area contributed by atoms with E-state index in [0.717, 1.165) is 34.5 Å². The lowest BCUT2D eigenvalue weighted by Gasteiger charge is -2.11. The van der Waals surface area contributed by atoms with Crippen molar-refractivity contribution in [2.75, 3.05) is 19.8 Å². The average molecular weight is 450 g/mol. The highest BCUT2D eigenvalue weighted by Gasteiger charge is 2.17. The Morgan fingerprint density at radius 2 is 1.82 bits per heavy atom. The van der Waals surface area contributed by atoms with E-state index in [-0.39, 0.29) is 11.5 Å². The molecule has 5 aromatic rings. The fourth-order valence-electron chi connectivity index (χ4n) is 3.82. The molecule has 0 aromatic carbocycles. The van der Waals surface area contributed by atoms with Gasteiger partial charge in [0.2, 0.25) is 0 Å². The maximum atomic E-state index is 8.84. The number of nitrogens with one attached hydrogen (secondary N) is 2. The SMILES string of the molecule is CN(C)Cc1cncc(-c2cnc(N)c(C(=N)c3nc4c(-c5ccccn5)cncc4[nH]3)c2)c1. The number of hydrogen-bond acceptors (Lipinski definition) is 8. The van der Waals surface area contributed by atoms with Crippen molar-refractivity contribution in [1.82, 2.24) is 34.8 Å². The first-order chi connectivity index (χ1) is 16.5. The molecule has 0 saturated carbocycles. The second-order valence-electron chi connectivity index (χ2n) is 8.24. The van der Waals surface area contributed by atoms with Crippen LogP contribution in [-0.2, 0) is 6.54 Å². The normalized spacial score (nSPS) is 11.3. The first kappa shape index (κ1) is 21.4. The van der Waals surface area contributed by atoms with E-state index in [4.69, 9.17) is 16.1 Å². The Hall–Kier alpha value is -4.50. The number of nitrogens with two attached hydrogens (primary N) is 1. The summed E-state index contributed by atoms with van der Waals surface area (Å²) in [5.74, 6) is 0.639. The number of nitrogens with zero attached hydrogens (tertiary/aromatic N) is 6. The van der Waals surface area contributed by atoms with Gasteiger partial charge in [-0.05, 0) is 43.9 Å². The number of imidazole rings is 1. The van der Waals surface area contributed by atoms with Crippen molar-refractivity contribution in [3.05, 3.63) is 84.5 Å². The molecule has 0 radical (unpaired) electrons. The van der Waals surface area contributed by atoms with E-state index in [1.807, 2.05) is 44.6 Å². The predicted octanol–water partition coefficient (Wildman–Crippen LogP) is 3.54. The minimum absolute atomic E-state index is 0.146. The van der Waals surface area contributed by atoms with Gasteiger partial charge in [0.05, 0.1) is 17.4 Å². The molecule has 0 saturated heterocycles. The van der Waals surface area contributed by atoms with E-state index in [2.05, 4.69) is 35.9 Å². The van der Waals surface area contributed by atoms with Gasteiger partial charge in [-0.1, -0.05) is 6.07 Å². The molecule has 9 nitrogen and oxygen atoms in total. The van der Waals surface area contributed by atoms with Crippen LogP contribution >= 0.6 is 0 Å². The summed E-state index contributed by atoms with van der Waals surface area (Å²) >= 11 is 0. The monoisotopic (exact) mass is 449 g/mol. The molecule has 0 spiro atoms. The van der Waals surface area contributed by atoms with Crippen LogP contribution < -0.4 is 5.73 Å². The zero-order valence-electron chi connectivity index (χ0n) is 18.8. The first-order valence-corrected chi connectivity index (χ1v) is 10.7. The van der Waals surface area contributed by atoms with Crippen molar-refractivity contribution in [1.29, 1.82) is 5.41 Å². The topological polar surface area (TPSA) is 133 Å². The molecule has 9 heteroatoms. The Kier molecular flexibility index (Phi) is 5.52. The van der Waals surface area contributed by atoms with E-state index in [1.54, 1.807) is 31.0 Å². The molecule has 0 aliphatic rings. The Labute approximate surface area is 196 Å². The fourth-order valence-corrected chi connectivity index (χ4v) is 3.82. The standard InChI is InChI=1S/C25H23N9/c1-34(2)14-15-7-16(10-28-9-15)17-8-18(24(27)31-11-17)22(26)25-32-21-13-29-12-19(23(21)33-25)20-5-3-4-6-30-20/h3-13,26H,14H2,1-2H3,(H2,27,31)(H,32,33). The number of H-pyrrole nitrogens is 1. The maximum Gasteiger partial charge on any atom is 0.157 e. The quantitative estimate of drug-likeness (QED) is 0.338. The molecule has 5 rings (SSSR count). The lowest BCUT2D eigenvalue weighted by atomic mass is 10.0. The van der Waals surface area contributed by atoms with Gasteiger partial charge in [-0.2, -0.15) is 0 Å². The van der Waals surface area contributed by atoms with Crippen LogP contribution in [0.1, 0.15) is 17.0 Å². The molecule has 5 heterocycles. The summed E-state index contributed by atoms with van der Waals surface area (Å²) in [4.78, 5) is 27.4. The second-order valence-corrected chi connectivity index (χ2v) is 8.24. The van der Waals surface area contributed by atoms with Crippen LogP contribution in [0.2, 0.25) is 0 Å². The number of rotatable bonds is 6. The lowest BCUT2D eigenvalue weighted by molar-refractivity contribution is 0.402. The Morgan fingerprint density at radius 1 is 1.00 bits per heavy atom. The molecule has 0 aliphatic carbocycles. The fraction of sp³-hybridized carbons (Fsp3) is 0.120. The van der Waals surface area contributed by atoms with Gasteiger partial charge in [-0.25, -0.2) is 9.97 Å². The van der Waals surface area contributed by atoms with Gasteiger partial charge in [0.1, 0.15) is 17.0 Å². The van der Waals surface area contributed by atoms with Gasteiger partial charge < -0.3 is 15.6 Å². The van der Waals surface area contributed by atoms with Crippen molar-refractivity contribution < 1.29 is 0 Å². The van der Waals surface area contributed by atoms with E-state index in [1.165, 1.54) is 0 Å². The molecular weight excluding hydrogens is 426 g/mol. The van der Waals surface area contributed by atoms with Crippen molar-refractivity contribution in [2.45, 2.75) is 6.54 Å². The number of hydrogen-bond donors (Lipinski definition) is 3. The number of aromatic amines is 1. The van der Waals surface area contributed by atoms with Crippen LogP contribution in [-0.4, -0.2) is 54.6 Å². The zero-order valence-corrected chi connectivity index (χ0v) is 18.8. The van der Waals surface area contributed by atoms with Crippen molar-refractivity contribution >= 4 is 22.6 Å². The van der Waals surface area contributed by atoms with Crippen LogP contribution in [0.4, 0.5) is 5.82 Å². The van der Waals surface area contributed by atoms with Crippen LogP contribution in [0.15, 0.2) is 67.5 Å². The van der Waals surface area contributed by atoms with Crippen LogP contribution in [0, 0.1) is 5.41 Å². The number of pyridine rings is 4. The zero-order chi connectivity index (χ0) is 23.7. The van der Waals surface area contributed by atoms with E-state index < -0.39 is 0 Å². The minimum Gasteiger partial charge on any atom is -0.383 e. The molecule has 0 bridgehead atoms. The summed E-state index contributed by atoms with van der Waals surface area (Å²) in [6.45, 7) is 0.775. The smallest absolute Gasteiger partial charge is 0.157 e. The number of fused-ring (bicyclic) bond motifs is 1. The largest absolute Gasteiger partial charge is 0.383 e. The Balaban J connectivity index is 1.53. The third-order valence-electron chi connectivity index (χ3n) is 5.39. The highest BCUT2D eigenvalue weighted by Crippen LogP contribution is 2.27. The van der Waals surface area contributed by atoms with Gasteiger partial charge in [0, 0.05) is 59.8 Å². The molecule has 0 amide bonds. The van der Waals surface area contributed by atoms with Crippen molar-refractivity contribution in [2.24, 2.45) is 0 Å². The summed E-state index contributed by atoms with van der Waals surface area (Å²) in [6.07, 6.45) is 10.5. The van der Waals surface area contributed by atoms with Gasteiger partial charge in [0.15, 0.2) is 5.82 Å². The molecule has 0 atom stereocenters. The highest BCUT2D eigenvalue weighted by molar-refractivity contribution is 6.13. The van der Waals surface area contributed by atoms with Crippen LogP contribution in [0.25, 0.3) is 33.4 Å². The van der Waals surface area contributed by atoms with Gasteiger partial charge in [-0.15, -0.1) is 0 Å². The van der Waals surface area contributed by atoms with Crippen LogP contribution in [0.3, 0.4) is 0 Å². The number of nitrogen functional groups attached to an aromatic ring is 1. The summed E-state index contributed by atoms with van der Waals surface area (Å²) in [6, 6.07) is 9.60. The van der Waals surface area contributed by atoms with E-state index >= 15 is 0 Å². The van der Waals surface area contributed by atoms with Crippen LogP contribution in [0.5, 0.6) is 0 Å². The lowest BCUT2D eigenvalue weighted by Crippen LogP contribution is -2.11. The summed E-state index contributed by atoms with van der Waals surface area (Å²) in [7, 11) is 4.03. The maximum absolute atomic E-state index is 8.84. The molecule has 4 N–H and O–H groups in total. The molecule has 168 valence electrons. The third-order valence-corrected chi connectivity index (χ3v) is 5.39. The molecule has 0 fully saturated rings. The molecule has 0 aliphatic heterocycles. The molecule has 34 heavy (non-hydrogen) atoms. The summed E-state index contributed by atoms with van der Waals surface area (Å²) in [5.41, 5.74) is 12.6. The van der Waals surface area contributed by atoms with Gasteiger partial charge >= 0.3 is 0 Å². The predicted molar refractivity (Wildman–Crippen MR) is 132 cm³/mol. The molecule has 5 aromatic heterocycles. The van der Waals surface area contributed by atoms with Crippen molar-refractivity contribution in [3.63, 3.8) is 0 Å². The summed E-state index contributed by atoms with van der Waals surface area (Å²) < 4.78 is 0.